The van der Waals surface area contributed by atoms with Crippen LogP contribution in [0.25, 0.3) is 0 Å². The predicted molar refractivity (Wildman–Crippen MR) is 344 cm³/mol. The smallest absolute Gasteiger partial charge is 0.306 e. The van der Waals surface area contributed by atoms with Crippen molar-refractivity contribution in [3.05, 3.63) is 72.9 Å². The zero-order valence-corrected chi connectivity index (χ0v) is 52.6. The van der Waals surface area contributed by atoms with Crippen LogP contribution in [0.1, 0.15) is 355 Å². The molecule has 0 aromatic carbocycles. The molecule has 6 heteroatoms. The Bertz CT molecular complexity index is 1450. The summed E-state index contributed by atoms with van der Waals surface area (Å²) >= 11 is 0. The van der Waals surface area contributed by atoms with Crippen molar-refractivity contribution >= 4 is 17.9 Å². The molecule has 458 valence electrons. The van der Waals surface area contributed by atoms with Gasteiger partial charge in [-0.25, -0.2) is 0 Å². The number of rotatable bonds is 63. The van der Waals surface area contributed by atoms with Crippen molar-refractivity contribution in [1.29, 1.82) is 0 Å². The van der Waals surface area contributed by atoms with Crippen LogP contribution in [-0.4, -0.2) is 37.2 Å². The molecule has 0 rings (SSSR count). The topological polar surface area (TPSA) is 78.9 Å². The van der Waals surface area contributed by atoms with Gasteiger partial charge in [-0.15, -0.1) is 0 Å². The summed E-state index contributed by atoms with van der Waals surface area (Å²) in [6, 6.07) is 0. The molecule has 0 saturated carbocycles. The summed E-state index contributed by atoms with van der Waals surface area (Å²) in [5.74, 6) is -0.858. The third-order valence-corrected chi connectivity index (χ3v) is 15.2. The molecule has 0 amide bonds. The maximum Gasteiger partial charge on any atom is 0.306 e. The fourth-order valence-corrected chi connectivity index (χ4v) is 10.1. The maximum absolute atomic E-state index is 12.9. The second kappa shape index (κ2) is 67.4. The third kappa shape index (κ3) is 65.5. The number of hydrogen-bond acceptors (Lipinski definition) is 6. The minimum Gasteiger partial charge on any atom is -0.462 e. The summed E-state index contributed by atoms with van der Waals surface area (Å²) < 4.78 is 17.0. The van der Waals surface area contributed by atoms with E-state index in [-0.39, 0.29) is 31.1 Å². The summed E-state index contributed by atoms with van der Waals surface area (Å²) in [5.41, 5.74) is 0. The molecule has 0 saturated heterocycles. The van der Waals surface area contributed by atoms with Crippen molar-refractivity contribution in [2.75, 3.05) is 13.2 Å². The van der Waals surface area contributed by atoms with Gasteiger partial charge in [-0.3, -0.25) is 14.4 Å². The molecule has 1 unspecified atom stereocenters. The molecule has 0 heterocycles. The van der Waals surface area contributed by atoms with Crippen LogP contribution in [-0.2, 0) is 28.6 Å². The Morgan fingerprint density at radius 2 is 0.494 bits per heavy atom. The highest BCUT2D eigenvalue weighted by atomic mass is 16.6. The quantitative estimate of drug-likeness (QED) is 0.0261. The first-order valence-electron chi connectivity index (χ1n) is 34.4. The van der Waals surface area contributed by atoms with E-state index >= 15 is 0 Å². The second-order valence-corrected chi connectivity index (χ2v) is 23.1. The van der Waals surface area contributed by atoms with Crippen LogP contribution < -0.4 is 0 Å². The van der Waals surface area contributed by atoms with Crippen molar-refractivity contribution in [3.8, 4) is 0 Å². The average molecular weight is 1100 g/mol. The lowest BCUT2D eigenvalue weighted by Gasteiger charge is -2.18. The molecule has 0 N–H and O–H groups in total. The zero-order chi connectivity index (χ0) is 57.1. The van der Waals surface area contributed by atoms with Crippen molar-refractivity contribution in [3.63, 3.8) is 0 Å². The Morgan fingerprint density at radius 3 is 0.772 bits per heavy atom. The van der Waals surface area contributed by atoms with Crippen molar-refractivity contribution in [2.24, 2.45) is 0 Å². The normalized spacial score (nSPS) is 12.5. The maximum atomic E-state index is 12.9. The molecule has 0 aliphatic carbocycles. The Labute approximate surface area is 491 Å². The number of esters is 3. The van der Waals surface area contributed by atoms with Gasteiger partial charge in [-0.2, -0.15) is 0 Å². The lowest BCUT2D eigenvalue weighted by molar-refractivity contribution is -0.167. The van der Waals surface area contributed by atoms with Crippen LogP contribution in [0.4, 0.5) is 0 Å². The summed E-state index contributed by atoms with van der Waals surface area (Å²) in [4.78, 5) is 38.4. The fraction of sp³-hybridized carbons (Fsp3) is 0.795. The first-order chi connectivity index (χ1) is 39.0. The Morgan fingerprint density at radius 1 is 0.266 bits per heavy atom. The van der Waals surface area contributed by atoms with E-state index in [1.165, 1.54) is 212 Å². The molecular weight excluding hydrogens is 973 g/mol. The SMILES string of the molecule is CC/C=C\C/C=C\C/C=C\C/C=C\C/C=C\C/C=C\CCCCCCCCCCC(=O)OCC(COC(=O)CCCCCCCCCCCCCCC)OC(=O)CCCCCCCCCCCCCCCCCCCCCCC. The number of hydrogen-bond donors (Lipinski definition) is 0. The molecule has 1 atom stereocenters. The summed E-state index contributed by atoms with van der Waals surface area (Å²) in [5, 5.41) is 0. The molecular formula is C73H130O6. The highest BCUT2D eigenvalue weighted by Crippen LogP contribution is 2.18. The molecule has 0 aromatic rings. The van der Waals surface area contributed by atoms with Gasteiger partial charge in [0.1, 0.15) is 13.2 Å². The van der Waals surface area contributed by atoms with Gasteiger partial charge in [-0.1, -0.05) is 338 Å². The van der Waals surface area contributed by atoms with Crippen molar-refractivity contribution in [1.82, 2.24) is 0 Å². The van der Waals surface area contributed by atoms with E-state index in [2.05, 4.69) is 93.7 Å². The fourth-order valence-electron chi connectivity index (χ4n) is 10.1. The van der Waals surface area contributed by atoms with E-state index in [4.69, 9.17) is 14.2 Å². The first-order valence-corrected chi connectivity index (χ1v) is 34.4. The highest BCUT2D eigenvalue weighted by Gasteiger charge is 2.19. The van der Waals surface area contributed by atoms with E-state index in [1.807, 2.05) is 0 Å². The standard InChI is InChI=1S/C73H130O6/c1-4-7-10-13-16-19-22-25-27-29-31-33-34-35-36-37-38-40-41-43-45-48-51-54-57-60-63-66-72(75)78-69-70(68-77-71(74)65-62-59-56-53-50-47-24-21-18-15-12-9-6-3)79-73(76)67-64-61-58-55-52-49-46-44-42-39-32-30-28-26-23-20-17-14-11-8-5-2/h7,10,16,19,25,27,31,33,35-36,38,40,70H,4-6,8-9,11-15,17-18,20-24,26,28-30,32,34,37,39,41-69H2,1-3H3/b10-7-,19-16-,27-25-,33-31-,36-35-,40-38-. The lowest BCUT2D eigenvalue weighted by Crippen LogP contribution is -2.30. The van der Waals surface area contributed by atoms with Gasteiger partial charge in [0.25, 0.3) is 0 Å². The average Bonchev–Trinajstić information content (AvgIpc) is 3.45. The van der Waals surface area contributed by atoms with Gasteiger partial charge in [-0.05, 0) is 70.6 Å². The van der Waals surface area contributed by atoms with Gasteiger partial charge < -0.3 is 14.2 Å². The molecule has 0 fully saturated rings. The van der Waals surface area contributed by atoms with Crippen LogP contribution in [0.2, 0.25) is 0 Å². The minimum atomic E-state index is -0.777. The number of carbonyl (C=O) groups excluding carboxylic acids is 3. The molecule has 6 nitrogen and oxygen atoms in total. The second-order valence-electron chi connectivity index (χ2n) is 23.1. The van der Waals surface area contributed by atoms with Crippen LogP contribution in [0.5, 0.6) is 0 Å². The number of carbonyl (C=O) groups is 3. The van der Waals surface area contributed by atoms with Gasteiger partial charge in [0.15, 0.2) is 6.10 Å². The van der Waals surface area contributed by atoms with Gasteiger partial charge in [0.2, 0.25) is 0 Å². The molecule has 0 spiro atoms. The van der Waals surface area contributed by atoms with E-state index in [0.717, 1.165) is 103 Å². The van der Waals surface area contributed by atoms with Crippen molar-refractivity contribution < 1.29 is 28.6 Å². The predicted octanol–water partition coefficient (Wildman–Crippen LogP) is 23.7. The van der Waals surface area contributed by atoms with Gasteiger partial charge in [0, 0.05) is 19.3 Å². The molecule has 0 aliphatic heterocycles. The minimum absolute atomic E-state index is 0.0724. The van der Waals surface area contributed by atoms with Crippen LogP contribution in [0, 0.1) is 0 Å². The van der Waals surface area contributed by atoms with E-state index in [9.17, 15) is 14.4 Å². The lowest BCUT2D eigenvalue weighted by atomic mass is 10.0. The third-order valence-electron chi connectivity index (χ3n) is 15.2. The Hall–Kier alpha value is -3.15. The van der Waals surface area contributed by atoms with Crippen molar-refractivity contribution in [2.45, 2.75) is 361 Å². The Kier molecular flexibility index (Phi) is 64.7. The molecule has 0 aromatic heterocycles. The molecule has 79 heavy (non-hydrogen) atoms. The van der Waals surface area contributed by atoms with Crippen LogP contribution >= 0.6 is 0 Å². The summed E-state index contributed by atoms with van der Waals surface area (Å²) in [7, 11) is 0. The molecule has 0 radical (unpaired) electrons. The monoisotopic (exact) mass is 1100 g/mol. The van der Waals surface area contributed by atoms with E-state index < -0.39 is 6.10 Å². The zero-order valence-electron chi connectivity index (χ0n) is 52.6. The Balaban J connectivity index is 4.29. The number of ether oxygens (including phenoxy) is 3. The van der Waals surface area contributed by atoms with E-state index in [1.54, 1.807) is 0 Å². The highest BCUT2D eigenvalue weighted by molar-refractivity contribution is 5.71. The van der Waals surface area contributed by atoms with Crippen LogP contribution in [0.3, 0.4) is 0 Å². The van der Waals surface area contributed by atoms with E-state index in [0.29, 0.717) is 19.3 Å². The first kappa shape index (κ1) is 75.8. The number of allylic oxidation sites excluding steroid dienone is 12. The number of unbranched alkanes of at least 4 members (excludes halogenated alkanes) is 40. The molecule has 0 bridgehead atoms. The van der Waals surface area contributed by atoms with Gasteiger partial charge in [0.05, 0.1) is 0 Å². The summed E-state index contributed by atoms with van der Waals surface area (Å²) in [6.07, 6.45) is 87.7. The van der Waals surface area contributed by atoms with Crippen LogP contribution in [0.15, 0.2) is 72.9 Å². The summed E-state index contributed by atoms with van der Waals surface area (Å²) in [6.45, 7) is 6.58. The largest absolute Gasteiger partial charge is 0.462 e. The molecule has 0 aliphatic rings. The van der Waals surface area contributed by atoms with Gasteiger partial charge >= 0.3 is 17.9 Å².